The number of nitrogens with zero attached hydrogens (tertiary/aromatic N) is 4. The topological polar surface area (TPSA) is 93.8 Å². The maximum absolute atomic E-state index is 14.0. The molecule has 0 atom stereocenters. The normalized spacial score (nSPS) is 11.0. The van der Waals surface area contributed by atoms with E-state index < -0.39 is 11.7 Å². The number of benzene rings is 2. The van der Waals surface area contributed by atoms with E-state index in [2.05, 4.69) is 25.7 Å². The highest BCUT2D eigenvalue weighted by atomic mass is 19.1. The second-order valence-electron chi connectivity index (χ2n) is 7.61. The van der Waals surface area contributed by atoms with Crippen molar-refractivity contribution in [3.8, 4) is 22.5 Å². The lowest BCUT2D eigenvalue weighted by Crippen LogP contribution is -2.14. The van der Waals surface area contributed by atoms with Gasteiger partial charge in [-0.25, -0.2) is 9.37 Å². The SMILES string of the molecule is Cc1ccc(-c2cc(C(=O)Nc3ccc(-c4ccccc4F)nn3)c3c(C)noc3n2)cc1. The summed E-state index contributed by atoms with van der Waals surface area (Å²) in [5.41, 5.74) is 4.44. The quantitative estimate of drug-likeness (QED) is 0.405. The molecule has 0 saturated heterocycles. The number of carbonyl (C=O) groups excluding carboxylic acids is 1. The predicted octanol–water partition coefficient (Wildman–Crippen LogP) is 5.36. The molecule has 0 saturated carbocycles. The van der Waals surface area contributed by atoms with E-state index in [0.717, 1.165) is 11.1 Å². The van der Waals surface area contributed by atoms with Gasteiger partial charge in [-0.05, 0) is 44.2 Å². The fraction of sp³-hybridized carbons (Fsp3) is 0.0800. The van der Waals surface area contributed by atoms with E-state index in [0.29, 0.717) is 33.6 Å². The summed E-state index contributed by atoms with van der Waals surface area (Å²) in [4.78, 5) is 17.7. The van der Waals surface area contributed by atoms with Crippen LogP contribution in [0.15, 0.2) is 71.3 Å². The van der Waals surface area contributed by atoms with Crippen LogP contribution in [0.1, 0.15) is 21.6 Å². The molecule has 3 aromatic heterocycles. The van der Waals surface area contributed by atoms with Gasteiger partial charge in [0.15, 0.2) is 5.82 Å². The summed E-state index contributed by atoms with van der Waals surface area (Å²) in [6.45, 7) is 3.75. The molecule has 0 fully saturated rings. The first-order valence-corrected chi connectivity index (χ1v) is 10.2. The Morgan fingerprint density at radius 1 is 0.939 bits per heavy atom. The standard InChI is InChI=1S/C25H18FN5O2/c1-14-7-9-16(10-8-14)21-13-18(23-15(2)31-33-25(23)27-21)24(32)28-22-12-11-20(29-30-22)17-5-3-4-6-19(17)26/h3-13H,1-2H3,(H,28,30,32). The molecule has 1 N–H and O–H groups in total. The second kappa shape index (κ2) is 8.23. The van der Waals surface area contributed by atoms with Crippen molar-refractivity contribution in [3.63, 3.8) is 0 Å². The molecule has 33 heavy (non-hydrogen) atoms. The Labute approximate surface area is 188 Å². The van der Waals surface area contributed by atoms with E-state index in [-0.39, 0.29) is 11.5 Å². The van der Waals surface area contributed by atoms with Crippen LogP contribution in [0.4, 0.5) is 10.2 Å². The molecule has 5 rings (SSSR count). The van der Waals surface area contributed by atoms with Crippen LogP contribution in [0, 0.1) is 19.7 Å². The third-order valence-corrected chi connectivity index (χ3v) is 5.27. The third-order valence-electron chi connectivity index (χ3n) is 5.27. The Morgan fingerprint density at radius 2 is 1.73 bits per heavy atom. The second-order valence-corrected chi connectivity index (χ2v) is 7.61. The Balaban J connectivity index is 1.48. The van der Waals surface area contributed by atoms with Gasteiger partial charge in [-0.3, -0.25) is 4.79 Å². The fourth-order valence-corrected chi connectivity index (χ4v) is 3.54. The first kappa shape index (κ1) is 20.4. The summed E-state index contributed by atoms with van der Waals surface area (Å²) < 4.78 is 19.4. The highest BCUT2D eigenvalue weighted by Crippen LogP contribution is 2.28. The van der Waals surface area contributed by atoms with Gasteiger partial charge in [0, 0.05) is 11.1 Å². The monoisotopic (exact) mass is 439 g/mol. The number of carbonyl (C=O) groups is 1. The smallest absolute Gasteiger partial charge is 0.259 e. The van der Waals surface area contributed by atoms with E-state index in [1.807, 2.05) is 31.2 Å². The number of nitrogens with one attached hydrogen (secondary N) is 1. The molecule has 162 valence electrons. The maximum atomic E-state index is 14.0. The van der Waals surface area contributed by atoms with Crippen LogP contribution in [-0.4, -0.2) is 26.2 Å². The Hall–Kier alpha value is -4.46. The van der Waals surface area contributed by atoms with Crippen molar-refractivity contribution in [1.29, 1.82) is 0 Å². The van der Waals surface area contributed by atoms with Gasteiger partial charge < -0.3 is 9.84 Å². The molecule has 5 aromatic rings. The van der Waals surface area contributed by atoms with Crippen molar-refractivity contribution in [2.45, 2.75) is 13.8 Å². The van der Waals surface area contributed by atoms with Gasteiger partial charge >= 0.3 is 0 Å². The largest absolute Gasteiger partial charge is 0.335 e. The summed E-state index contributed by atoms with van der Waals surface area (Å²) in [6, 6.07) is 19.0. The summed E-state index contributed by atoms with van der Waals surface area (Å²) in [5.74, 6) is -0.569. The van der Waals surface area contributed by atoms with Crippen molar-refractivity contribution < 1.29 is 13.7 Å². The molecule has 7 nitrogen and oxygen atoms in total. The van der Waals surface area contributed by atoms with Crippen LogP contribution in [0.5, 0.6) is 0 Å². The van der Waals surface area contributed by atoms with E-state index >= 15 is 0 Å². The van der Waals surface area contributed by atoms with Crippen molar-refractivity contribution >= 4 is 22.8 Å². The number of amides is 1. The molecule has 1 amide bonds. The van der Waals surface area contributed by atoms with E-state index in [4.69, 9.17) is 4.52 Å². The van der Waals surface area contributed by atoms with Crippen LogP contribution in [-0.2, 0) is 0 Å². The molecule has 0 aliphatic heterocycles. The lowest BCUT2D eigenvalue weighted by Gasteiger charge is -2.08. The molecule has 0 aliphatic carbocycles. The number of halogens is 1. The minimum Gasteiger partial charge on any atom is -0.335 e. The van der Waals surface area contributed by atoms with Gasteiger partial charge in [-0.1, -0.05) is 47.1 Å². The van der Waals surface area contributed by atoms with E-state index in [1.165, 1.54) is 6.07 Å². The maximum Gasteiger partial charge on any atom is 0.259 e. The molecule has 0 unspecified atom stereocenters. The highest BCUT2D eigenvalue weighted by molar-refractivity contribution is 6.12. The zero-order valence-electron chi connectivity index (χ0n) is 17.8. The lowest BCUT2D eigenvalue weighted by molar-refractivity contribution is 0.102. The van der Waals surface area contributed by atoms with Gasteiger partial charge in [0.2, 0.25) is 0 Å². The van der Waals surface area contributed by atoms with Crippen molar-refractivity contribution in [3.05, 3.63) is 89.4 Å². The van der Waals surface area contributed by atoms with Crippen molar-refractivity contribution in [2.75, 3.05) is 5.32 Å². The molecule has 2 aromatic carbocycles. The van der Waals surface area contributed by atoms with Gasteiger partial charge in [-0.2, -0.15) is 0 Å². The average Bonchev–Trinajstić information content (AvgIpc) is 3.20. The Bertz CT molecular complexity index is 1480. The van der Waals surface area contributed by atoms with Crippen LogP contribution in [0.25, 0.3) is 33.6 Å². The fourth-order valence-electron chi connectivity index (χ4n) is 3.54. The number of anilines is 1. The van der Waals surface area contributed by atoms with E-state index in [9.17, 15) is 9.18 Å². The summed E-state index contributed by atoms with van der Waals surface area (Å²) in [6.07, 6.45) is 0. The number of fused-ring (bicyclic) bond motifs is 1. The molecule has 0 bridgehead atoms. The number of hydrogen-bond acceptors (Lipinski definition) is 6. The van der Waals surface area contributed by atoms with E-state index in [1.54, 1.807) is 43.3 Å². The average molecular weight is 439 g/mol. The highest BCUT2D eigenvalue weighted by Gasteiger charge is 2.20. The Morgan fingerprint density at radius 3 is 2.45 bits per heavy atom. The number of aromatic nitrogens is 4. The van der Waals surface area contributed by atoms with Gasteiger partial charge in [0.1, 0.15) is 5.82 Å². The van der Waals surface area contributed by atoms with Crippen LogP contribution in [0.3, 0.4) is 0 Å². The molecular formula is C25H18FN5O2. The molecule has 8 heteroatoms. The minimum atomic E-state index is -0.407. The molecular weight excluding hydrogens is 421 g/mol. The first-order chi connectivity index (χ1) is 16.0. The number of hydrogen-bond donors (Lipinski definition) is 1. The number of aryl methyl sites for hydroxylation is 2. The molecule has 3 heterocycles. The van der Waals surface area contributed by atoms with Crippen LogP contribution < -0.4 is 5.32 Å². The number of pyridine rings is 1. The summed E-state index contributed by atoms with van der Waals surface area (Å²) in [7, 11) is 0. The molecule has 0 aliphatic rings. The van der Waals surface area contributed by atoms with Gasteiger partial charge in [0.05, 0.1) is 28.0 Å². The van der Waals surface area contributed by atoms with Crippen LogP contribution in [0.2, 0.25) is 0 Å². The Kier molecular flexibility index (Phi) is 5.10. The zero-order chi connectivity index (χ0) is 22.9. The predicted molar refractivity (Wildman–Crippen MR) is 122 cm³/mol. The molecule has 0 spiro atoms. The van der Waals surface area contributed by atoms with Crippen molar-refractivity contribution in [1.82, 2.24) is 20.3 Å². The number of rotatable bonds is 4. The van der Waals surface area contributed by atoms with Gasteiger partial charge in [0.25, 0.3) is 11.6 Å². The lowest BCUT2D eigenvalue weighted by atomic mass is 10.0. The first-order valence-electron chi connectivity index (χ1n) is 10.2. The van der Waals surface area contributed by atoms with Crippen molar-refractivity contribution in [2.24, 2.45) is 0 Å². The zero-order valence-corrected chi connectivity index (χ0v) is 17.8. The minimum absolute atomic E-state index is 0.232. The van der Waals surface area contributed by atoms with Gasteiger partial charge in [-0.15, -0.1) is 10.2 Å². The summed E-state index contributed by atoms with van der Waals surface area (Å²) >= 11 is 0. The third kappa shape index (κ3) is 3.94. The molecule has 0 radical (unpaired) electrons. The summed E-state index contributed by atoms with van der Waals surface area (Å²) in [5, 5.41) is 15.3. The van der Waals surface area contributed by atoms with Crippen LogP contribution >= 0.6 is 0 Å².